The summed E-state index contributed by atoms with van der Waals surface area (Å²) in [4.78, 5) is 12.0. The van der Waals surface area contributed by atoms with Crippen LogP contribution in [0.25, 0.3) is 0 Å². The van der Waals surface area contributed by atoms with Crippen LogP contribution in [-0.4, -0.2) is 11.0 Å². The van der Waals surface area contributed by atoms with E-state index in [4.69, 9.17) is 0 Å². The first-order chi connectivity index (χ1) is 8.56. The SMILES string of the molecule is Cc1cc(NC(=O)c2cccc(Br)c2)ccc1O. The van der Waals surface area contributed by atoms with E-state index in [1.807, 2.05) is 6.07 Å². The van der Waals surface area contributed by atoms with E-state index in [-0.39, 0.29) is 11.7 Å². The van der Waals surface area contributed by atoms with Gasteiger partial charge < -0.3 is 10.4 Å². The molecule has 0 atom stereocenters. The van der Waals surface area contributed by atoms with E-state index < -0.39 is 0 Å². The fraction of sp³-hybridized carbons (Fsp3) is 0.0714. The second kappa shape index (κ2) is 5.23. The van der Waals surface area contributed by atoms with Crippen LogP contribution in [0.2, 0.25) is 0 Å². The molecule has 2 N–H and O–H groups in total. The normalized spacial score (nSPS) is 10.1. The number of carbonyl (C=O) groups excluding carboxylic acids is 1. The van der Waals surface area contributed by atoms with Gasteiger partial charge in [0.25, 0.3) is 5.91 Å². The summed E-state index contributed by atoms with van der Waals surface area (Å²) in [5.41, 5.74) is 1.97. The van der Waals surface area contributed by atoms with Gasteiger partial charge in [0.2, 0.25) is 0 Å². The molecular formula is C14H12BrNO2. The lowest BCUT2D eigenvalue weighted by molar-refractivity contribution is 0.102. The van der Waals surface area contributed by atoms with E-state index in [2.05, 4.69) is 21.2 Å². The molecule has 0 fully saturated rings. The number of hydrogen-bond donors (Lipinski definition) is 2. The predicted molar refractivity (Wildman–Crippen MR) is 74.9 cm³/mol. The maximum absolute atomic E-state index is 12.0. The molecule has 1 amide bonds. The number of rotatable bonds is 2. The molecule has 2 aromatic carbocycles. The second-order valence-corrected chi connectivity index (χ2v) is 4.88. The number of halogens is 1. The van der Waals surface area contributed by atoms with Crippen LogP contribution in [0.1, 0.15) is 15.9 Å². The zero-order valence-corrected chi connectivity index (χ0v) is 11.4. The smallest absolute Gasteiger partial charge is 0.255 e. The summed E-state index contributed by atoms with van der Waals surface area (Å²) in [5, 5.41) is 12.2. The molecule has 2 aromatic rings. The van der Waals surface area contributed by atoms with Crippen molar-refractivity contribution in [3.8, 4) is 5.75 Å². The first kappa shape index (κ1) is 12.6. The third-order valence-corrected chi connectivity index (χ3v) is 3.03. The Morgan fingerprint density at radius 2 is 2.00 bits per heavy atom. The van der Waals surface area contributed by atoms with Crippen LogP contribution in [0.5, 0.6) is 5.75 Å². The molecule has 3 nitrogen and oxygen atoms in total. The topological polar surface area (TPSA) is 49.3 Å². The zero-order valence-electron chi connectivity index (χ0n) is 9.77. The second-order valence-electron chi connectivity index (χ2n) is 3.97. The molecule has 4 heteroatoms. The van der Waals surface area contributed by atoms with Crippen molar-refractivity contribution in [2.24, 2.45) is 0 Å². The average Bonchev–Trinajstić information content (AvgIpc) is 2.34. The quantitative estimate of drug-likeness (QED) is 0.831. The van der Waals surface area contributed by atoms with Gasteiger partial charge in [0, 0.05) is 15.7 Å². The van der Waals surface area contributed by atoms with Crippen molar-refractivity contribution in [3.05, 3.63) is 58.1 Å². The Bertz CT molecular complexity index is 596. The molecule has 0 heterocycles. The lowest BCUT2D eigenvalue weighted by atomic mass is 10.2. The van der Waals surface area contributed by atoms with Crippen molar-refractivity contribution in [1.29, 1.82) is 0 Å². The van der Waals surface area contributed by atoms with Crippen LogP contribution in [0.3, 0.4) is 0 Å². The number of hydrogen-bond acceptors (Lipinski definition) is 2. The number of carbonyl (C=O) groups is 1. The van der Waals surface area contributed by atoms with Crippen molar-refractivity contribution in [2.75, 3.05) is 5.32 Å². The van der Waals surface area contributed by atoms with Crippen molar-refractivity contribution in [2.45, 2.75) is 6.92 Å². The minimum atomic E-state index is -0.179. The molecule has 0 radical (unpaired) electrons. The zero-order chi connectivity index (χ0) is 13.1. The summed E-state index contributed by atoms with van der Waals surface area (Å²) in [6, 6.07) is 12.1. The highest BCUT2D eigenvalue weighted by molar-refractivity contribution is 9.10. The largest absolute Gasteiger partial charge is 0.508 e. The average molecular weight is 306 g/mol. The van der Waals surface area contributed by atoms with Gasteiger partial charge in [0.15, 0.2) is 0 Å². The molecule has 0 unspecified atom stereocenters. The van der Waals surface area contributed by atoms with Crippen LogP contribution in [0, 0.1) is 6.92 Å². The highest BCUT2D eigenvalue weighted by Crippen LogP contribution is 2.21. The predicted octanol–water partition coefficient (Wildman–Crippen LogP) is 3.72. The number of phenols is 1. The first-order valence-corrected chi connectivity index (χ1v) is 6.22. The Morgan fingerprint density at radius 1 is 1.22 bits per heavy atom. The fourth-order valence-electron chi connectivity index (χ4n) is 1.57. The van der Waals surface area contributed by atoms with Gasteiger partial charge in [-0.25, -0.2) is 0 Å². The highest BCUT2D eigenvalue weighted by atomic mass is 79.9. The summed E-state index contributed by atoms with van der Waals surface area (Å²) < 4.78 is 0.858. The molecule has 0 bridgehead atoms. The van der Waals surface area contributed by atoms with E-state index in [0.29, 0.717) is 11.3 Å². The number of amides is 1. The lowest BCUT2D eigenvalue weighted by Crippen LogP contribution is -2.11. The van der Waals surface area contributed by atoms with Gasteiger partial charge >= 0.3 is 0 Å². The summed E-state index contributed by atoms with van der Waals surface area (Å²) in [5.74, 6) is 0.0387. The molecule has 0 aliphatic heterocycles. The van der Waals surface area contributed by atoms with E-state index in [1.165, 1.54) is 0 Å². The van der Waals surface area contributed by atoms with E-state index in [1.54, 1.807) is 43.3 Å². The Hall–Kier alpha value is -1.81. The van der Waals surface area contributed by atoms with Crippen LogP contribution in [0.15, 0.2) is 46.9 Å². The van der Waals surface area contributed by atoms with Gasteiger partial charge in [-0.15, -0.1) is 0 Å². The molecule has 92 valence electrons. The van der Waals surface area contributed by atoms with E-state index >= 15 is 0 Å². The summed E-state index contributed by atoms with van der Waals surface area (Å²) in [7, 11) is 0. The molecule has 0 aromatic heterocycles. The van der Waals surface area contributed by atoms with Crippen LogP contribution in [0.4, 0.5) is 5.69 Å². The lowest BCUT2D eigenvalue weighted by Gasteiger charge is -2.07. The Balaban J connectivity index is 2.18. The van der Waals surface area contributed by atoms with Gasteiger partial charge in [-0.05, 0) is 48.9 Å². The van der Waals surface area contributed by atoms with E-state index in [9.17, 15) is 9.90 Å². The van der Waals surface area contributed by atoms with Gasteiger partial charge in [-0.1, -0.05) is 22.0 Å². The molecule has 2 rings (SSSR count). The van der Waals surface area contributed by atoms with Crippen LogP contribution in [-0.2, 0) is 0 Å². The third kappa shape index (κ3) is 2.90. The van der Waals surface area contributed by atoms with Crippen LogP contribution < -0.4 is 5.32 Å². The van der Waals surface area contributed by atoms with Crippen molar-refractivity contribution in [3.63, 3.8) is 0 Å². The number of aromatic hydroxyl groups is 1. The number of aryl methyl sites for hydroxylation is 1. The molecule has 0 aliphatic rings. The third-order valence-electron chi connectivity index (χ3n) is 2.54. The molecular weight excluding hydrogens is 294 g/mol. The maximum atomic E-state index is 12.0. The highest BCUT2D eigenvalue weighted by Gasteiger charge is 2.07. The summed E-state index contributed by atoms with van der Waals surface area (Å²) in [6.07, 6.45) is 0. The Morgan fingerprint density at radius 3 is 2.67 bits per heavy atom. The van der Waals surface area contributed by atoms with Gasteiger partial charge in [-0.2, -0.15) is 0 Å². The maximum Gasteiger partial charge on any atom is 0.255 e. The minimum Gasteiger partial charge on any atom is -0.508 e. The molecule has 0 saturated carbocycles. The first-order valence-electron chi connectivity index (χ1n) is 5.43. The number of phenolic OH excluding ortho intramolecular Hbond substituents is 1. The molecule has 0 saturated heterocycles. The number of benzene rings is 2. The van der Waals surface area contributed by atoms with Gasteiger partial charge in [0.1, 0.15) is 5.75 Å². The standard InChI is InChI=1S/C14H12BrNO2/c1-9-7-12(5-6-13(9)17)16-14(18)10-3-2-4-11(15)8-10/h2-8,17H,1H3,(H,16,18). The van der Waals surface area contributed by atoms with Crippen molar-refractivity contribution in [1.82, 2.24) is 0 Å². The summed E-state index contributed by atoms with van der Waals surface area (Å²) in [6.45, 7) is 1.78. The van der Waals surface area contributed by atoms with Crippen molar-refractivity contribution < 1.29 is 9.90 Å². The number of anilines is 1. The van der Waals surface area contributed by atoms with Crippen LogP contribution >= 0.6 is 15.9 Å². The summed E-state index contributed by atoms with van der Waals surface area (Å²) >= 11 is 3.32. The Kier molecular flexibility index (Phi) is 3.67. The van der Waals surface area contributed by atoms with E-state index in [0.717, 1.165) is 10.0 Å². The molecule has 0 spiro atoms. The Labute approximate surface area is 114 Å². The number of nitrogens with one attached hydrogen (secondary N) is 1. The van der Waals surface area contributed by atoms with Gasteiger partial charge in [-0.3, -0.25) is 4.79 Å². The van der Waals surface area contributed by atoms with Crippen molar-refractivity contribution >= 4 is 27.5 Å². The minimum absolute atomic E-state index is 0.179. The monoisotopic (exact) mass is 305 g/mol. The molecule has 0 aliphatic carbocycles. The fourth-order valence-corrected chi connectivity index (χ4v) is 1.97. The molecule has 18 heavy (non-hydrogen) atoms. The van der Waals surface area contributed by atoms with Gasteiger partial charge in [0.05, 0.1) is 0 Å².